The van der Waals surface area contributed by atoms with Gasteiger partial charge in [0.05, 0.1) is 4.92 Å². The molecule has 0 aliphatic heterocycles. The molecule has 2 aromatic rings. The van der Waals surface area contributed by atoms with Gasteiger partial charge < -0.3 is 5.73 Å². The summed E-state index contributed by atoms with van der Waals surface area (Å²) in [5.41, 5.74) is 6.37. The van der Waals surface area contributed by atoms with Crippen molar-refractivity contribution in [1.29, 1.82) is 0 Å². The topological polar surface area (TPSA) is 94.9 Å². The molecule has 0 aliphatic carbocycles. The zero-order valence-electron chi connectivity index (χ0n) is 8.91. The van der Waals surface area contributed by atoms with Gasteiger partial charge in [-0.1, -0.05) is 12.1 Å². The fourth-order valence-electron chi connectivity index (χ4n) is 1.46. The van der Waals surface area contributed by atoms with Crippen LogP contribution < -0.4 is 5.73 Å². The van der Waals surface area contributed by atoms with E-state index in [1.54, 1.807) is 24.4 Å². The Kier molecular flexibility index (Phi) is 2.95. The minimum atomic E-state index is -0.427. The quantitative estimate of drug-likeness (QED) is 0.637. The Labute approximate surface area is 97.3 Å². The van der Waals surface area contributed by atoms with E-state index in [-0.39, 0.29) is 5.69 Å². The molecule has 86 valence electrons. The third kappa shape index (κ3) is 2.75. The molecular weight excluding hydrogens is 220 g/mol. The number of rotatable bonds is 3. The van der Waals surface area contributed by atoms with Crippen molar-refractivity contribution in [1.82, 2.24) is 9.97 Å². The van der Waals surface area contributed by atoms with Gasteiger partial charge in [-0.3, -0.25) is 10.1 Å². The number of nitro groups is 1. The number of hydrogen-bond acceptors (Lipinski definition) is 5. The number of nitro benzene ring substituents is 1. The van der Waals surface area contributed by atoms with Crippen molar-refractivity contribution in [3.8, 4) is 0 Å². The molecule has 0 radical (unpaired) electrons. The second kappa shape index (κ2) is 4.56. The van der Waals surface area contributed by atoms with Crippen molar-refractivity contribution in [2.24, 2.45) is 0 Å². The summed E-state index contributed by atoms with van der Waals surface area (Å²) in [6.45, 7) is 0. The number of nitrogens with two attached hydrogens (primary N) is 1. The third-order valence-electron chi connectivity index (χ3n) is 2.21. The van der Waals surface area contributed by atoms with Gasteiger partial charge in [0.15, 0.2) is 0 Å². The number of benzene rings is 1. The van der Waals surface area contributed by atoms with Crippen molar-refractivity contribution in [2.45, 2.75) is 6.42 Å². The highest BCUT2D eigenvalue weighted by Crippen LogP contribution is 2.15. The fraction of sp³-hybridized carbons (Fsp3) is 0.0909. The molecule has 6 heteroatoms. The second-order valence-electron chi connectivity index (χ2n) is 3.50. The molecule has 0 amide bonds. The van der Waals surface area contributed by atoms with Crippen LogP contribution in [-0.4, -0.2) is 14.9 Å². The van der Waals surface area contributed by atoms with Gasteiger partial charge in [0, 0.05) is 24.8 Å². The lowest BCUT2D eigenvalue weighted by molar-refractivity contribution is -0.384. The van der Waals surface area contributed by atoms with E-state index in [4.69, 9.17) is 5.73 Å². The summed E-state index contributed by atoms with van der Waals surface area (Å²) >= 11 is 0. The van der Waals surface area contributed by atoms with Crippen LogP contribution in [0.15, 0.2) is 36.5 Å². The molecule has 1 heterocycles. The molecule has 1 aromatic carbocycles. The first-order valence-electron chi connectivity index (χ1n) is 4.96. The highest BCUT2D eigenvalue weighted by atomic mass is 16.6. The SMILES string of the molecule is Nc1ccnc(Cc2cccc([N+](=O)[O-])c2)n1. The Morgan fingerprint density at radius 1 is 1.35 bits per heavy atom. The van der Waals surface area contributed by atoms with Gasteiger partial charge in [-0.25, -0.2) is 9.97 Å². The standard InChI is InChI=1S/C11H10N4O2/c12-10-4-5-13-11(14-10)7-8-2-1-3-9(6-8)15(16)17/h1-6H,7H2,(H2,12,13,14). The Balaban J connectivity index is 2.24. The fourth-order valence-corrected chi connectivity index (χ4v) is 1.46. The van der Waals surface area contributed by atoms with E-state index in [9.17, 15) is 10.1 Å². The highest BCUT2D eigenvalue weighted by molar-refractivity contribution is 5.36. The van der Waals surface area contributed by atoms with Crippen molar-refractivity contribution in [2.75, 3.05) is 5.73 Å². The van der Waals surface area contributed by atoms with Crippen LogP contribution >= 0.6 is 0 Å². The zero-order valence-corrected chi connectivity index (χ0v) is 8.91. The lowest BCUT2D eigenvalue weighted by Gasteiger charge is -2.01. The van der Waals surface area contributed by atoms with Gasteiger partial charge in [0.2, 0.25) is 0 Å². The molecule has 0 bridgehead atoms. The average Bonchev–Trinajstić information content (AvgIpc) is 2.29. The number of aromatic nitrogens is 2. The Morgan fingerprint density at radius 2 is 2.18 bits per heavy atom. The minimum absolute atomic E-state index is 0.0615. The summed E-state index contributed by atoms with van der Waals surface area (Å²) in [7, 11) is 0. The first-order chi connectivity index (χ1) is 8.15. The lowest BCUT2D eigenvalue weighted by atomic mass is 10.1. The number of nitrogens with zero attached hydrogens (tertiary/aromatic N) is 3. The van der Waals surface area contributed by atoms with Crippen LogP contribution in [0.1, 0.15) is 11.4 Å². The molecule has 0 atom stereocenters. The number of nitrogen functional groups attached to an aromatic ring is 1. The zero-order chi connectivity index (χ0) is 12.3. The summed E-state index contributed by atoms with van der Waals surface area (Å²) in [5, 5.41) is 10.6. The summed E-state index contributed by atoms with van der Waals surface area (Å²) in [5.74, 6) is 0.936. The van der Waals surface area contributed by atoms with Gasteiger partial charge in [0.25, 0.3) is 5.69 Å². The van der Waals surface area contributed by atoms with Crippen LogP contribution in [0.2, 0.25) is 0 Å². The Bertz CT molecular complexity index is 557. The van der Waals surface area contributed by atoms with Crippen LogP contribution in [0.4, 0.5) is 11.5 Å². The maximum atomic E-state index is 10.6. The lowest BCUT2D eigenvalue weighted by Crippen LogP contribution is -2.00. The molecule has 1 aromatic heterocycles. The predicted molar refractivity (Wildman–Crippen MR) is 62.3 cm³/mol. The van der Waals surface area contributed by atoms with Crippen molar-refractivity contribution in [3.63, 3.8) is 0 Å². The van der Waals surface area contributed by atoms with Crippen LogP contribution in [0.3, 0.4) is 0 Å². The minimum Gasteiger partial charge on any atom is -0.384 e. The van der Waals surface area contributed by atoms with Gasteiger partial charge in [0.1, 0.15) is 11.6 Å². The largest absolute Gasteiger partial charge is 0.384 e. The first kappa shape index (κ1) is 11.0. The predicted octanol–water partition coefficient (Wildman–Crippen LogP) is 1.56. The van der Waals surface area contributed by atoms with Crippen LogP contribution in [-0.2, 0) is 6.42 Å². The molecule has 0 unspecified atom stereocenters. The third-order valence-corrected chi connectivity index (χ3v) is 2.21. The van der Waals surface area contributed by atoms with E-state index in [1.807, 2.05) is 0 Å². The highest BCUT2D eigenvalue weighted by Gasteiger charge is 2.07. The van der Waals surface area contributed by atoms with Gasteiger partial charge in [-0.05, 0) is 11.6 Å². The summed E-state index contributed by atoms with van der Waals surface area (Å²) in [6.07, 6.45) is 1.99. The molecule has 17 heavy (non-hydrogen) atoms. The Morgan fingerprint density at radius 3 is 2.88 bits per heavy atom. The van der Waals surface area contributed by atoms with E-state index in [0.29, 0.717) is 18.1 Å². The smallest absolute Gasteiger partial charge is 0.269 e. The van der Waals surface area contributed by atoms with Gasteiger partial charge in [-0.2, -0.15) is 0 Å². The molecule has 0 spiro atoms. The Hall–Kier alpha value is -2.50. The van der Waals surface area contributed by atoms with Crippen LogP contribution in [0.5, 0.6) is 0 Å². The van der Waals surface area contributed by atoms with E-state index in [1.165, 1.54) is 12.1 Å². The number of anilines is 1. The van der Waals surface area contributed by atoms with Crippen molar-refractivity contribution >= 4 is 11.5 Å². The van der Waals surface area contributed by atoms with Gasteiger partial charge >= 0.3 is 0 Å². The van der Waals surface area contributed by atoms with Crippen LogP contribution in [0, 0.1) is 10.1 Å². The van der Waals surface area contributed by atoms with Crippen LogP contribution in [0.25, 0.3) is 0 Å². The summed E-state index contributed by atoms with van der Waals surface area (Å²) in [4.78, 5) is 18.3. The molecule has 2 rings (SSSR count). The van der Waals surface area contributed by atoms with Crippen molar-refractivity contribution < 1.29 is 4.92 Å². The van der Waals surface area contributed by atoms with E-state index in [0.717, 1.165) is 5.56 Å². The first-order valence-corrected chi connectivity index (χ1v) is 4.96. The number of hydrogen-bond donors (Lipinski definition) is 1. The molecule has 0 aliphatic rings. The molecular formula is C11H10N4O2. The van der Waals surface area contributed by atoms with E-state index >= 15 is 0 Å². The number of non-ortho nitro benzene ring substituents is 1. The average molecular weight is 230 g/mol. The van der Waals surface area contributed by atoms with E-state index in [2.05, 4.69) is 9.97 Å². The monoisotopic (exact) mass is 230 g/mol. The van der Waals surface area contributed by atoms with Gasteiger partial charge in [-0.15, -0.1) is 0 Å². The maximum Gasteiger partial charge on any atom is 0.269 e. The van der Waals surface area contributed by atoms with E-state index < -0.39 is 4.92 Å². The molecule has 0 saturated carbocycles. The molecule has 2 N–H and O–H groups in total. The second-order valence-corrected chi connectivity index (χ2v) is 3.50. The summed E-state index contributed by atoms with van der Waals surface area (Å²) < 4.78 is 0. The maximum absolute atomic E-state index is 10.6. The molecule has 6 nitrogen and oxygen atoms in total. The normalized spacial score (nSPS) is 10.1. The summed E-state index contributed by atoms with van der Waals surface area (Å²) in [6, 6.07) is 7.98. The van der Waals surface area contributed by atoms with Crippen molar-refractivity contribution in [3.05, 3.63) is 58.0 Å². The molecule has 0 saturated heterocycles. The molecule has 0 fully saturated rings.